The molecule has 0 spiro atoms. The molecule has 0 unspecified atom stereocenters. The van der Waals surface area contributed by atoms with Crippen LogP contribution < -0.4 is 14.2 Å². The monoisotopic (exact) mass is 886 g/mol. The van der Waals surface area contributed by atoms with Crippen molar-refractivity contribution in [2.45, 2.75) is 85.5 Å². The molecule has 3 aliphatic rings. The van der Waals surface area contributed by atoms with E-state index in [1.54, 1.807) is 0 Å². The van der Waals surface area contributed by atoms with E-state index in [0.717, 1.165) is 12.2 Å². The maximum absolute atomic E-state index is 13.2. The molecule has 3 heterocycles. The van der Waals surface area contributed by atoms with Gasteiger partial charge in [-0.3, -0.25) is 0 Å². The largest absolute Gasteiger partial charge is 0.504 e. The normalized spacial score (nSPS) is 33.7. The van der Waals surface area contributed by atoms with Crippen molar-refractivity contribution < 1.29 is 113 Å². The van der Waals surface area contributed by atoms with Crippen molar-refractivity contribution in [3.63, 3.8) is 0 Å². The van der Waals surface area contributed by atoms with Gasteiger partial charge in [0.15, 0.2) is 41.7 Å². The molecule has 3 saturated heterocycles. The third-order valence-corrected chi connectivity index (χ3v) is 10.1. The molecule has 0 aliphatic carbocycles. The second-order valence-electron chi connectivity index (χ2n) is 14.1. The Morgan fingerprint density at radius 2 is 1.27 bits per heavy atom. The molecule has 11 N–H and O–H groups in total. The molecular weight excluding hydrogens is 836 g/mol. The maximum Gasteiger partial charge on any atom is 0.331 e. The summed E-state index contributed by atoms with van der Waals surface area (Å²) in [5, 5.41) is 116. The number of rotatable bonds is 17. The number of carbonyl (C=O) groups excluding carboxylic acids is 2. The standard InChI is InChI=1S/C39H50O23/c1-53-20-10-17(4-7-19(20)43)5-8-26(44)56-15-25-30(48)35(60-37-33(51)32(50)29(47)23(13-40)57-37)34(52)38(58-25)62-39(16-42)36(31(49)24(14-41)61-39)59-27(45)9-6-18-11-21(54-2)28(46)22(12-18)55-3/h4-12,23-25,29-38,40-43,46-52H,13-16H2,1-3H3/t23-,24-,25-,29-,30-,31-,32+,33-,34-,35+,36+,37+,38-,39+/m1/s1. The summed E-state index contributed by atoms with van der Waals surface area (Å²) in [5.74, 6) is -5.17. The second-order valence-corrected chi connectivity index (χ2v) is 14.1. The van der Waals surface area contributed by atoms with Gasteiger partial charge in [-0.25, -0.2) is 9.59 Å². The van der Waals surface area contributed by atoms with E-state index >= 15 is 0 Å². The average Bonchev–Trinajstić information content (AvgIpc) is 3.53. The number of benzene rings is 2. The Morgan fingerprint density at radius 1 is 0.677 bits per heavy atom. The minimum absolute atomic E-state index is 0.000105. The van der Waals surface area contributed by atoms with E-state index in [1.165, 1.54) is 63.8 Å². The molecule has 14 atom stereocenters. The van der Waals surface area contributed by atoms with E-state index in [0.29, 0.717) is 5.56 Å². The van der Waals surface area contributed by atoms with Crippen molar-refractivity contribution in [1.82, 2.24) is 0 Å². The predicted octanol–water partition coefficient (Wildman–Crippen LogP) is -3.61. The summed E-state index contributed by atoms with van der Waals surface area (Å²) in [6.07, 6.45) is -20.3. The van der Waals surface area contributed by atoms with E-state index in [4.69, 9.17) is 47.4 Å². The van der Waals surface area contributed by atoms with Crippen molar-refractivity contribution >= 4 is 24.1 Å². The van der Waals surface area contributed by atoms with Crippen LogP contribution >= 0.6 is 0 Å². The molecule has 23 heteroatoms. The Morgan fingerprint density at radius 3 is 1.89 bits per heavy atom. The van der Waals surface area contributed by atoms with Gasteiger partial charge in [0.2, 0.25) is 11.5 Å². The molecular formula is C39H50O23. The van der Waals surface area contributed by atoms with Crippen molar-refractivity contribution in [3.8, 4) is 28.7 Å². The van der Waals surface area contributed by atoms with E-state index in [-0.39, 0.29) is 34.3 Å². The molecule has 23 nitrogen and oxygen atoms in total. The third kappa shape index (κ3) is 10.6. The Labute approximate surface area is 352 Å². The lowest BCUT2D eigenvalue weighted by molar-refractivity contribution is -0.399. The fourth-order valence-electron chi connectivity index (χ4n) is 6.75. The number of esters is 2. The van der Waals surface area contributed by atoms with Crippen molar-refractivity contribution in [2.24, 2.45) is 0 Å². The first kappa shape index (κ1) is 48.3. The number of aromatic hydroxyl groups is 2. The van der Waals surface area contributed by atoms with Gasteiger partial charge in [0, 0.05) is 12.2 Å². The lowest BCUT2D eigenvalue weighted by atomic mass is 9.96. The molecule has 0 radical (unpaired) electrons. The molecule has 2 aromatic rings. The van der Waals surface area contributed by atoms with Crippen LogP contribution in [-0.4, -0.2) is 201 Å². The molecule has 3 aliphatic heterocycles. The molecule has 344 valence electrons. The smallest absolute Gasteiger partial charge is 0.331 e. The molecule has 0 aromatic heterocycles. The first-order chi connectivity index (χ1) is 29.5. The topological polar surface area (TPSA) is 349 Å². The van der Waals surface area contributed by atoms with Crippen LogP contribution in [0.3, 0.4) is 0 Å². The minimum Gasteiger partial charge on any atom is -0.504 e. The zero-order valence-corrected chi connectivity index (χ0v) is 33.3. The quantitative estimate of drug-likeness (QED) is 0.0540. The van der Waals surface area contributed by atoms with Gasteiger partial charge >= 0.3 is 11.9 Å². The first-order valence-corrected chi connectivity index (χ1v) is 18.8. The lowest BCUT2D eigenvalue weighted by Crippen LogP contribution is -2.66. The molecule has 0 saturated carbocycles. The Bertz CT molecular complexity index is 1860. The fourth-order valence-corrected chi connectivity index (χ4v) is 6.75. The number of hydrogen-bond donors (Lipinski definition) is 11. The van der Waals surface area contributed by atoms with Crippen LogP contribution in [0.4, 0.5) is 0 Å². The van der Waals surface area contributed by atoms with E-state index in [2.05, 4.69) is 0 Å². The van der Waals surface area contributed by atoms with Crippen molar-refractivity contribution in [2.75, 3.05) is 47.8 Å². The highest BCUT2D eigenvalue weighted by atomic mass is 16.8. The van der Waals surface area contributed by atoms with E-state index in [1.807, 2.05) is 0 Å². The first-order valence-electron chi connectivity index (χ1n) is 18.8. The highest BCUT2D eigenvalue weighted by Crippen LogP contribution is 2.40. The Hall–Kier alpha value is -4.70. The summed E-state index contributed by atoms with van der Waals surface area (Å²) in [6, 6.07) is 6.92. The van der Waals surface area contributed by atoms with Gasteiger partial charge in [-0.15, -0.1) is 0 Å². The maximum atomic E-state index is 13.2. The Kier molecular flexibility index (Phi) is 16.5. The third-order valence-electron chi connectivity index (χ3n) is 10.1. The molecule has 2 aromatic carbocycles. The number of aliphatic hydroxyl groups is 9. The summed E-state index contributed by atoms with van der Waals surface area (Å²) in [4.78, 5) is 26.0. The van der Waals surface area contributed by atoms with Gasteiger partial charge in [-0.05, 0) is 47.5 Å². The number of carbonyl (C=O) groups is 2. The SMILES string of the molecule is COc1cc(C=CC(=O)OC[C@H]2O[C@H](O[C@]3(CO)O[C@H](CO)[C@@H](O)[C@@H]3OC(=O)C=Cc3cc(OC)c(O)c(OC)c3)[C@H](O)[C@@H](O[C@@H]3O[C@H](CO)[C@@H](O)[C@H](O)[C@H]3O)[C@@H]2O)ccc1O. The molecule has 3 fully saturated rings. The molecule has 0 amide bonds. The van der Waals surface area contributed by atoms with Crippen LogP contribution in [0.1, 0.15) is 11.1 Å². The predicted molar refractivity (Wildman–Crippen MR) is 203 cm³/mol. The van der Waals surface area contributed by atoms with Gasteiger partial charge in [0.25, 0.3) is 0 Å². The number of ether oxygens (including phenoxy) is 10. The number of aliphatic hydroxyl groups excluding tert-OH is 9. The summed E-state index contributed by atoms with van der Waals surface area (Å²) < 4.78 is 54.5. The number of methoxy groups -OCH3 is 3. The summed E-state index contributed by atoms with van der Waals surface area (Å²) in [5.41, 5.74) is 0.691. The fraction of sp³-hybridized carbons (Fsp3) is 0.538. The zero-order chi connectivity index (χ0) is 45.5. The number of hydrogen-bond acceptors (Lipinski definition) is 23. The van der Waals surface area contributed by atoms with Gasteiger partial charge in [0.05, 0.1) is 34.5 Å². The molecule has 0 bridgehead atoms. The second kappa shape index (κ2) is 21.1. The highest BCUT2D eigenvalue weighted by Gasteiger charge is 2.61. The summed E-state index contributed by atoms with van der Waals surface area (Å²) in [7, 11) is 3.89. The van der Waals surface area contributed by atoms with Gasteiger partial charge in [-0.2, -0.15) is 0 Å². The summed E-state index contributed by atoms with van der Waals surface area (Å²) >= 11 is 0. The minimum atomic E-state index is -2.65. The van der Waals surface area contributed by atoms with Crippen LogP contribution in [0.15, 0.2) is 42.5 Å². The van der Waals surface area contributed by atoms with Crippen LogP contribution in [-0.2, 0) is 42.7 Å². The lowest BCUT2D eigenvalue weighted by Gasteiger charge is -2.47. The number of phenolic OH excluding ortho intramolecular Hbond substituents is 2. The van der Waals surface area contributed by atoms with Crippen molar-refractivity contribution in [1.29, 1.82) is 0 Å². The van der Waals surface area contributed by atoms with Gasteiger partial charge in [0.1, 0.15) is 74.3 Å². The van der Waals surface area contributed by atoms with E-state index < -0.39 is 124 Å². The highest BCUT2D eigenvalue weighted by molar-refractivity contribution is 5.88. The van der Waals surface area contributed by atoms with Crippen LogP contribution in [0, 0.1) is 0 Å². The Balaban J connectivity index is 1.41. The van der Waals surface area contributed by atoms with Gasteiger partial charge < -0.3 is 104 Å². The molecule has 62 heavy (non-hydrogen) atoms. The van der Waals surface area contributed by atoms with Crippen LogP contribution in [0.25, 0.3) is 12.2 Å². The van der Waals surface area contributed by atoms with Crippen LogP contribution in [0.2, 0.25) is 0 Å². The van der Waals surface area contributed by atoms with E-state index in [9.17, 15) is 65.8 Å². The number of phenols is 2. The van der Waals surface area contributed by atoms with Crippen molar-refractivity contribution in [3.05, 3.63) is 53.6 Å². The van der Waals surface area contributed by atoms with Gasteiger partial charge in [-0.1, -0.05) is 6.07 Å². The average molecular weight is 887 g/mol. The summed E-state index contributed by atoms with van der Waals surface area (Å²) in [6.45, 7) is -3.85. The van der Waals surface area contributed by atoms with Crippen LogP contribution in [0.5, 0.6) is 28.7 Å². The molecule has 5 rings (SSSR count). The zero-order valence-electron chi connectivity index (χ0n) is 33.3.